The van der Waals surface area contributed by atoms with Gasteiger partial charge in [0.2, 0.25) is 0 Å². The standard InChI is InChI=1S/C59H41N5/c1-63(43-17-5-2-6-18-43)44-34-29-40(30-35-44)56-60-57(41-31-36-47(37-32-41)64(45-19-7-3-8-20-45)46-21-9-4-10-22-46)62-58(61-56)42-33-38-51-50-25-13-16-28-54(50)59(55(51)39-42)52-26-14-11-23-48(52)49-24-12-15-27-53(49)59/h2-39H,1H3. The van der Waals surface area contributed by atoms with Crippen molar-refractivity contribution < 1.29 is 0 Å². The van der Waals surface area contributed by atoms with Gasteiger partial charge in [0.25, 0.3) is 0 Å². The molecular weight excluding hydrogens is 779 g/mol. The summed E-state index contributed by atoms with van der Waals surface area (Å²) < 4.78 is 0. The highest BCUT2D eigenvalue weighted by Crippen LogP contribution is 2.63. The second-order valence-electron chi connectivity index (χ2n) is 16.4. The highest BCUT2D eigenvalue weighted by Gasteiger charge is 2.51. The van der Waals surface area contributed by atoms with Gasteiger partial charge in [0.15, 0.2) is 17.5 Å². The Labute approximate surface area is 373 Å². The molecule has 1 spiro atoms. The Bertz CT molecular complexity index is 3230. The van der Waals surface area contributed by atoms with Crippen LogP contribution in [0.3, 0.4) is 0 Å². The number of aromatic nitrogens is 3. The zero-order valence-corrected chi connectivity index (χ0v) is 35.2. The topological polar surface area (TPSA) is 45.2 Å². The number of hydrogen-bond acceptors (Lipinski definition) is 5. The van der Waals surface area contributed by atoms with E-state index in [1.807, 2.05) is 18.2 Å². The second kappa shape index (κ2) is 15.2. The lowest BCUT2D eigenvalue weighted by atomic mass is 9.70. The summed E-state index contributed by atoms with van der Waals surface area (Å²) in [4.78, 5) is 20.3. The number of nitrogens with zero attached hydrogens (tertiary/aromatic N) is 5. The maximum absolute atomic E-state index is 5.31. The van der Waals surface area contributed by atoms with E-state index in [2.05, 4.69) is 229 Å². The van der Waals surface area contributed by atoms with E-state index in [0.717, 1.165) is 45.1 Å². The van der Waals surface area contributed by atoms with Crippen LogP contribution in [0.5, 0.6) is 0 Å². The predicted molar refractivity (Wildman–Crippen MR) is 262 cm³/mol. The molecule has 302 valence electrons. The monoisotopic (exact) mass is 819 g/mol. The van der Waals surface area contributed by atoms with Crippen LogP contribution in [0.15, 0.2) is 231 Å². The van der Waals surface area contributed by atoms with Crippen LogP contribution >= 0.6 is 0 Å². The molecule has 1 heterocycles. The molecule has 0 saturated carbocycles. The summed E-state index contributed by atoms with van der Waals surface area (Å²) in [6.45, 7) is 0. The van der Waals surface area contributed by atoms with E-state index in [4.69, 9.17) is 15.0 Å². The first-order valence-electron chi connectivity index (χ1n) is 21.8. The molecule has 0 radical (unpaired) electrons. The van der Waals surface area contributed by atoms with Crippen molar-refractivity contribution in [3.63, 3.8) is 0 Å². The van der Waals surface area contributed by atoms with Crippen LogP contribution in [0.1, 0.15) is 22.3 Å². The van der Waals surface area contributed by atoms with Gasteiger partial charge in [0, 0.05) is 52.2 Å². The van der Waals surface area contributed by atoms with E-state index in [1.165, 1.54) is 44.5 Å². The Balaban J connectivity index is 1.01. The fourth-order valence-corrected chi connectivity index (χ4v) is 9.99. The summed E-state index contributed by atoms with van der Waals surface area (Å²) in [5.74, 6) is 1.85. The number of para-hydroxylation sites is 3. The summed E-state index contributed by atoms with van der Waals surface area (Å²) in [5, 5.41) is 0. The van der Waals surface area contributed by atoms with Gasteiger partial charge in [-0.05, 0) is 136 Å². The van der Waals surface area contributed by atoms with Gasteiger partial charge >= 0.3 is 0 Å². The SMILES string of the molecule is CN(c1ccccc1)c1ccc(-c2nc(-c3ccc(N(c4ccccc4)c4ccccc4)cc3)nc(-c3ccc4c(c3)C3(c5ccccc5-c5ccccc53)c3ccccc3-4)n2)cc1. The van der Waals surface area contributed by atoms with E-state index < -0.39 is 5.41 Å². The normalized spacial score (nSPS) is 12.6. The zero-order valence-electron chi connectivity index (χ0n) is 35.2. The van der Waals surface area contributed by atoms with Gasteiger partial charge in [0.1, 0.15) is 0 Å². The molecular formula is C59H41N5. The van der Waals surface area contributed by atoms with E-state index in [-0.39, 0.29) is 0 Å². The Morgan fingerprint density at radius 3 is 1.09 bits per heavy atom. The summed E-state index contributed by atoms with van der Waals surface area (Å²) >= 11 is 0. The molecule has 2 aliphatic carbocycles. The lowest BCUT2D eigenvalue weighted by molar-refractivity contribution is 0.794. The molecule has 5 heteroatoms. The number of fused-ring (bicyclic) bond motifs is 10. The van der Waals surface area contributed by atoms with Gasteiger partial charge in [-0.2, -0.15) is 0 Å². The van der Waals surface area contributed by atoms with Crippen LogP contribution in [0.4, 0.5) is 28.4 Å². The predicted octanol–water partition coefficient (Wildman–Crippen LogP) is 14.5. The average Bonchev–Trinajstić information content (AvgIpc) is 3.84. The highest BCUT2D eigenvalue weighted by atomic mass is 15.1. The quantitative estimate of drug-likeness (QED) is 0.153. The molecule has 5 nitrogen and oxygen atoms in total. The van der Waals surface area contributed by atoms with Crippen molar-refractivity contribution in [3.05, 3.63) is 253 Å². The van der Waals surface area contributed by atoms with Gasteiger partial charge in [-0.15, -0.1) is 0 Å². The molecule has 0 bridgehead atoms. The third-order valence-electron chi connectivity index (χ3n) is 13.0. The molecule has 64 heavy (non-hydrogen) atoms. The number of hydrogen-bond donors (Lipinski definition) is 0. The Hall–Kier alpha value is -8.41. The van der Waals surface area contributed by atoms with Crippen LogP contribution in [0, 0.1) is 0 Å². The van der Waals surface area contributed by atoms with Crippen molar-refractivity contribution in [3.8, 4) is 56.4 Å². The molecule has 12 rings (SSSR count). The van der Waals surface area contributed by atoms with Gasteiger partial charge in [-0.1, -0.05) is 140 Å². The van der Waals surface area contributed by atoms with Crippen molar-refractivity contribution in [2.75, 3.05) is 16.8 Å². The van der Waals surface area contributed by atoms with E-state index >= 15 is 0 Å². The summed E-state index contributed by atoms with van der Waals surface area (Å²) in [7, 11) is 2.09. The minimum atomic E-state index is -0.479. The molecule has 9 aromatic carbocycles. The first-order chi connectivity index (χ1) is 31.6. The highest BCUT2D eigenvalue weighted by molar-refractivity contribution is 5.96. The van der Waals surface area contributed by atoms with Gasteiger partial charge in [0.05, 0.1) is 5.41 Å². The van der Waals surface area contributed by atoms with Crippen molar-refractivity contribution in [2.45, 2.75) is 5.41 Å². The fourth-order valence-electron chi connectivity index (χ4n) is 9.99. The smallest absolute Gasteiger partial charge is 0.164 e. The zero-order chi connectivity index (χ0) is 42.6. The molecule has 0 atom stereocenters. The third kappa shape index (κ3) is 5.97. The Kier molecular flexibility index (Phi) is 8.87. The maximum Gasteiger partial charge on any atom is 0.164 e. The maximum atomic E-state index is 5.31. The van der Waals surface area contributed by atoms with Crippen molar-refractivity contribution in [1.29, 1.82) is 0 Å². The first kappa shape index (κ1) is 37.4. The first-order valence-corrected chi connectivity index (χ1v) is 21.8. The minimum Gasteiger partial charge on any atom is -0.345 e. The van der Waals surface area contributed by atoms with Crippen LogP contribution in [-0.4, -0.2) is 22.0 Å². The number of benzene rings is 9. The minimum absolute atomic E-state index is 0.479. The molecule has 10 aromatic rings. The molecule has 0 amide bonds. The van der Waals surface area contributed by atoms with Gasteiger partial charge < -0.3 is 9.80 Å². The molecule has 0 unspecified atom stereocenters. The average molecular weight is 820 g/mol. The van der Waals surface area contributed by atoms with Crippen molar-refractivity contribution in [2.24, 2.45) is 0 Å². The van der Waals surface area contributed by atoms with Gasteiger partial charge in [-0.3, -0.25) is 0 Å². The van der Waals surface area contributed by atoms with Crippen LogP contribution in [0.25, 0.3) is 56.4 Å². The van der Waals surface area contributed by atoms with Crippen LogP contribution < -0.4 is 9.80 Å². The number of rotatable bonds is 8. The van der Waals surface area contributed by atoms with Crippen molar-refractivity contribution >= 4 is 28.4 Å². The van der Waals surface area contributed by atoms with Crippen LogP contribution in [-0.2, 0) is 5.41 Å². The lowest BCUT2D eigenvalue weighted by Gasteiger charge is -2.30. The van der Waals surface area contributed by atoms with E-state index in [0.29, 0.717) is 17.5 Å². The second-order valence-corrected chi connectivity index (χ2v) is 16.4. The molecule has 0 N–H and O–H groups in total. The van der Waals surface area contributed by atoms with E-state index in [9.17, 15) is 0 Å². The molecule has 2 aliphatic rings. The third-order valence-corrected chi connectivity index (χ3v) is 13.0. The summed E-state index contributed by atoms with van der Waals surface area (Å²) in [6, 6.07) is 81.9. The molecule has 1 aromatic heterocycles. The molecule has 0 saturated heterocycles. The Morgan fingerprint density at radius 2 is 0.625 bits per heavy atom. The van der Waals surface area contributed by atoms with E-state index in [1.54, 1.807) is 0 Å². The van der Waals surface area contributed by atoms with Crippen molar-refractivity contribution in [1.82, 2.24) is 15.0 Å². The van der Waals surface area contributed by atoms with Gasteiger partial charge in [-0.25, -0.2) is 15.0 Å². The lowest BCUT2D eigenvalue weighted by Crippen LogP contribution is -2.25. The summed E-state index contributed by atoms with van der Waals surface area (Å²) in [5.41, 5.74) is 17.9. The fraction of sp³-hybridized carbons (Fsp3) is 0.0339. The molecule has 0 aliphatic heterocycles. The Morgan fingerprint density at radius 1 is 0.297 bits per heavy atom. The molecule has 0 fully saturated rings. The largest absolute Gasteiger partial charge is 0.345 e. The summed E-state index contributed by atoms with van der Waals surface area (Å²) in [6.07, 6.45) is 0. The van der Waals surface area contributed by atoms with Crippen LogP contribution in [0.2, 0.25) is 0 Å². The number of anilines is 5.